The largest absolute Gasteiger partial charge is 0.511 e. The smallest absolute Gasteiger partial charge is 0.262 e. The fourth-order valence-electron chi connectivity index (χ4n) is 3.69. The van der Waals surface area contributed by atoms with E-state index < -0.39 is 11.8 Å². The molecule has 31 heavy (non-hydrogen) atoms. The summed E-state index contributed by atoms with van der Waals surface area (Å²) >= 11 is 10.6. The number of carbonyl (C=O) groups excluding carboxylic acids is 3. The summed E-state index contributed by atoms with van der Waals surface area (Å²) in [5, 5.41) is 10.5. The Labute approximate surface area is 194 Å². The molecule has 2 aliphatic rings. The van der Waals surface area contributed by atoms with Gasteiger partial charge in [-0.1, -0.05) is 56.5 Å². The Bertz CT molecular complexity index is 902. The maximum atomic E-state index is 12.6. The van der Waals surface area contributed by atoms with Gasteiger partial charge in [0, 0.05) is 13.1 Å². The number of likely N-dealkylation sites (N-methyl/N-ethyl adjacent to an activating group) is 2. The predicted molar refractivity (Wildman–Crippen MR) is 129 cm³/mol. The fraction of sp³-hybridized carbons (Fsp3) is 0.435. The van der Waals surface area contributed by atoms with Crippen molar-refractivity contribution in [2.24, 2.45) is 11.8 Å². The molecule has 0 aromatic rings. The highest BCUT2D eigenvalue weighted by molar-refractivity contribution is 7.80. The first-order valence-electron chi connectivity index (χ1n) is 10.5. The second-order valence-corrected chi connectivity index (χ2v) is 8.02. The second-order valence-electron chi connectivity index (χ2n) is 7.18. The van der Waals surface area contributed by atoms with Crippen LogP contribution in [0.3, 0.4) is 0 Å². The Kier molecular flexibility index (Phi) is 8.59. The number of carbonyl (C=O) groups is 3. The van der Waals surface area contributed by atoms with E-state index in [4.69, 9.17) is 24.4 Å². The first kappa shape index (κ1) is 24.8. The van der Waals surface area contributed by atoms with Crippen LogP contribution in [-0.2, 0) is 14.4 Å². The zero-order valence-electron chi connectivity index (χ0n) is 18.3. The molecule has 2 heterocycles. The summed E-state index contributed by atoms with van der Waals surface area (Å²) in [6.07, 6.45) is 8.88. The van der Waals surface area contributed by atoms with Gasteiger partial charge in [0.2, 0.25) is 0 Å². The van der Waals surface area contributed by atoms with Gasteiger partial charge in [-0.05, 0) is 38.8 Å². The highest BCUT2D eigenvalue weighted by Crippen LogP contribution is 2.28. The van der Waals surface area contributed by atoms with Gasteiger partial charge in [0.05, 0.1) is 33.0 Å². The van der Waals surface area contributed by atoms with Crippen LogP contribution in [0.5, 0.6) is 0 Å². The Morgan fingerprint density at radius 2 is 1.39 bits per heavy atom. The van der Waals surface area contributed by atoms with Gasteiger partial charge in [-0.3, -0.25) is 14.4 Å². The van der Waals surface area contributed by atoms with Crippen molar-refractivity contribution in [3.63, 3.8) is 0 Å². The van der Waals surface area contributed by atoms with E-state index in [-0.39, 0.29) is 34.5 Å². The minimum atomic E-state index is -0.473. The number of hydrogen-bond donors (Lipinski definition) is 1. The molecular formula is C23H28N2O4S2. The molecule has 2 unspecified atom stereocenters. The maximum absolute atomic E-state index is 12.6. The lowest BCUT2D eigenvalue weighted by molar-refractivity contribution is -0.129. The molecule has 1 N–H and O–H groups in total. The van der Waals surface area contributed by atoms with Crippen LogP contribution < -0.4 is 0 Å². The van der Waals surface area contributed by atoms with Gasteiger partial charge in [0.1, 0.15) is 5.76 Å². The number of thiocarbonyl (C=S) groups is 2. The second kappa shape index (κ2) is 10.7. The van der Waals surface area contributed by atoms with Crippen molar-refractivity contribution in [3.8, 4) is 0 Å². The lowest BCUT2D eigenvalue weighted by atomic mass is 9.89. The summed E-state index contributed by atoms with van der Waals surface area (Å²) in [5.74, 6) is -1.87. The zero-order valence-corrected chi connectivity index (χ0v) is 19.9. The van der Waals surface area contributed by atoms with Crippen molar-refractivity contribution in [1.82, 2.24) is 9.80 Å². The number of allylic oxidation sites excluding steroid dienone is 4. The van der Waals surface area contributed by atoms with E-state index in [9.17, 15) is 19.5 Å². The topological polar surface area (TPSA) is 77.9 Å². The number of rotatable bonds is 7. The number of aliphatic hydroxyl groups is 1. The van der Waals surface area contributed by atoms with Crippen molar-refractivity contribution < 1.29 is 19.5 Å². The minimum absolute atomic E-state index is 0.0271. The van der Waals surface area contributed by atoms with Gasteiger partial charge in [-0.2, -0.15) is 0 Å². The van der Waals surface area contributed by atoms with E-state index >= 15 is 0 Å². The lowest BCUT2D eigenvalue weighted by Gasteiger charge is -2.32. The molecule has 8 heteroatoms. The van der Waals surface area contributed by atoms with Crippen molar-refractivity contribution in [2.75, 3.05) is 13.1 Å². The quantitative estimate of drug-likeness (QED) is 0.269. The third-order valence-electron chi connectivity index (χ3n) is 5.46. The number of ketones is 1. The first-order chi connectivity index (χ1) is 14.7. The fourth-order valence-corrected chi connectivity index (χ4v) is 4.67. The number of amides is 2. The van der Waals surface area contributed by atoms with Gasteiger partial charge in [-0.25, -0.2) is 0 Å². The van der Waals surface area contributed by atoms with Gasteiger partial charge < -0.3 is 14.9 Å². The van der Waals surface area contributed by atoms with E-state index in [2.05, 4.69) is 0 Å². The summed E-state index contributed by atoms with van der Waals surface area (Å²) in [6, 6.07) is 0. The third kappa shape index (κ3) is 4.75. The zero-order chi connectivity index (χ0) is 23.3. The molecule has 0 radical (unpaired) electrons. The molecular weight excluding hydrogens is 432 g/mol. The SMILES string of the molecule is CCC1C(=O)/C(=C/C=C/C=C/C2=C(O)C(CC)C(=S)N(CC)C2=O)C(=O)N(CC)C1=S. The molecule has 1 fully saturated rings. The highest BCUT2D eigenvalue weighted by Gasteiger charge is 2.39. The number of nitrogens with zero attached hydrogens (tertiary/aromatic N) is 2. The number of piperidine rings is 1. The molecule has 0 aliphatic carbocycles. The highest BCUT2D eigenvalue weighted by atomic mass is 32.1. The Balaban J connectivity index is 2.27. The summed E-state index contributed by atoms with van der Waals surface area (Å²) < 4.78 is 0. The van der Waals surface area contributed by atoms with Crippen LogP contribution in [0.1, 0.15) is 40.5 Å². The molecule has 2 aliphatic heterocycles. The molecule has 0 spiro atoms. The van der Waals surface area contributed by atoms with Gasteiger partial charge in [-0.15, -0.1) is 0 Å². The molecule has 2 amide bonds. The van der Waals surface area contributed by atoms with Crippen LogP contribution in [0.4, 0.5) is 0 Å². The van der Waals surface area contributed by atoms with Crippen LogP contribution in [0.2, 0.25) is 0 Å². The predicted octanol–water partition coefficient (Wildman–Crippen LogP) is 3.84. The molecule has 0 saturated carbocycles. The van der Waals surface area contributed by atoms with Gasteiger partial charge in [0.15, 0.2) is 5.78 Å². The van der Waals surface area contributed by atoms with Crippen LogP contribution in [-0.4, -0.2) is 55.6 Å². The molecule has 0 aromatic carbocycles. The van der Waals surface area contributed by atoms with Crippen molar-refractivity contribution in [3.05, 3.63) is 47.3 Å². The maximum Gasteiger partial charge on any atom is 0.262 e. The molecule has 6 nitrogen and oxygen atoms in total. The summed E-state index contributed by atoms with van der Waals surface area (Å²) in [5.41, 5.74) is 0.286. The van der Waals surface area contributed by atoms with Crippen LogP contribution >= 0.6 is 24.4 Å². The molecule has 2 rings (SSSR count). The minimum Gasteiger partial charge on any atom is -0.511 e. The Morgan fingerprint density at radius 1 is 0.839 bits per heavy atom. The number of likely N-dealkylation sites (tertiary alicyclic amines) is 1. The van der Waals surface area contributed by atoms with Crippen molar-refractivity contribution in [2.45, 2.75) is 40.5 Å². The summed E-state index contributed by atoms with van der Waals surface area (Å²) in [7, 11) is 0. The summed E-state index contributed by atoms with van der Waals surface area (Å²) in [4.78, 5) is 41.6. The first-order valence-corrected chi connectivity index (χ1v) is 11.3. The third-order valence-corrected chi connectivity index (χ3v) is 6.47. The normalized spacial score (nSPS) is 24.6. The molecule has 166 valence electrons. The number of hydrogen-bond acceptors (Lipinski definition) is 6. The number of aliphatic hydroxyl groups excluding tert-OH is 1. The van der Waals surface area contributed by atoms with E-state index in [0.717, 1.165) is 0 Å². The molecule has 2 atom stereocenters. The summed E-state index contributed by atoms with van der Waals surface area (Å²) in [6.45, 7) is 8.26. The molecule has 0 aromatic heterocycles. The van der Waals surface area contributed by atoms with Crippen molar-refractivity contribution in [1.29, 1.82) is 0 Å². The van der Waals surface area contributed by atoms with E-state index in [1.54, 1.807) is 18.2 Å². The Morgan fingerprint density at radius 3 is 1.94 bits per heavy atom. The van der Waals surface area contributed by atoms with Crippen LogP contribution in [0.25, 0.3) is 0 Å². The van der Waals surface area contributed by atoms with Crippen LogP contribution in [0.15, 0.2) is 47.3 Å². The average Bonchev–Trinajstić information content (AvgIpc) is 2.73. The molecule has 0 bridgehead atoms. The van der Waals surface area contributed by atoms with E-state index in [1.165, 1.54) is 22.0 Å². The number of Topliss-reactive ketones (excluding diaryl/α,β-unsaturated/α-hetero) is 1. The standard InChI is InChI=1S/C23H28N2O4S2/c1-5-14-18(26)16(20(28)24(7-3)22(14)30)12-10-9-11-13-17-19(27)15(6-2)23(31)25(8-4)21(17)29/h9-15,26H,5-8H2,1-4H3/b11-9+,12-10+,17-13-. The van der Waals surface area contributed by atoms with Gasteiger partial charge in [0.25, 0.3) is 11.8 Å². The Hall–Kier alpha value is -2.45. The van der Waals surface area contributed by atoms with Gasteiger partial charge >= 0.3 is 0 Å². The average molecular weight is 461 g/mol. The van der Waals surface area contributed by atoms with E-state index in [1.807, 2.05) is 27.7 Å². The monoisotopic (exact) mass is 460 g/mol. The lowest BCUT2D eigenvalue weighted by Crippen LogP contribution is -2.49. The van der Waals surface area contributed by atoms with E-state index in [0.29, 0.717) is 35.9 Å². The van der Waals surface area contributed by atoms with Crippen LogP contribution in [0, 0.1) is 11.8 Å². The molecule has 1 saturated heterocycles. The van der Waals surface area contributed by atoms with Crippen molar-refractivity contribution >= 4 is 52.0 Å².